The SMILES string of the molecule is CCC(N)Cc1cc(OC)c(CCCCCF)cc1OC. The van der Waals surface area contributed by atoms with Gasteiger partial charge in [-0.05, 0) is 55.4 Å². The van der Waals surface area contributed by atoms with Gasteiger partial charge >= 0.3 is 0 Å². The second-order valence-corrected chi connectivity index (χ2v) is 5.35. The standard InChI is InChI=1S/C17H28FNO2/c1-4-15(19)10-14-12-16(20-2)13(11-17(14)21-3)8-6-5-7-9-18/h11-12,15H,4-10,19H2,1-3H3. The normalized spacial score (nSPS) is 12.2. The van der Waals surface area contributed by atoms with Crippen LogP contribution in [0.25, 0.3) is 0 Å². The van der Waals surface area contributed by atoms with Crippen LogP contribution >= 0.6 is 0 Å². The van der Waals surface area contributed by atoms with Crippen LogP contribution in [0.3, 0.4) is 0 Å². The Labute approximate surface area is 127 Å². The van der Waals surface area contributed by atoms with Crippen LogP contribution in [0.15, 0.2) is 12.1 Å². The van der Waals surface area contributed by atoms with Gasteiger partial charge in [0, 0.05) is 6.04 Å². The fourth-order valence-corrected chi connectivity index (χ4v) is 2.39. The molecule has 0 radical (unpaired) electrons. The first-order valence-electron chi connectivity index (χ1n) is 7.71. The number of rotatable bonds is 10. The Bertz CT molecular complexity index is 423. The number of methoxy groups -OCH3 is 2. The van der Waals surface area contributed by atoms with Gasteiger partial charge in [0.15, 0.2) is 0 Å². The van der Waals surface area contributed by atoms with E-state index in [1.165, 1.54) is 0 Å². The van der Waals surface area contributed by atoms with E-state index in [-0.39, 0.29) is 12.7 Å². The van der Waals surface area contributed by atoms with Gasteiger partial charge in [-0.1, -0.05) is 13.3 Å². The van der Waals surface area contributed by atoms with Crippen LogP contribution in [0.4, 0.5) is 4.39 Å². The lowest BCUT2D eigenvalue weighted by molar-refractivity contribution is 0.392. The summed E-state index contributed by atoms with van der Waals surface area (Å²) < 4.78 is 23.1. The molecular formula is C17H28FNO2. The number of halogens is 1. The van der Waals surface area contributed by atoms with Gasteiger partial charge in [0.25, 0.3) is 0 Å². The van der Waals surface area contributed by atoms with Crippen molar-refractivity contribution in [2.24, 2.45) is 5.73 Å². The number of unbranched alkanes of at least 4 members (excludes halogenated alkanes) is 2. The summed E-state index contributed by atoms with van der Waals surface area (Å²) in [7, 11) is 3.35. The molecule has 1 atom stereocenters. The van der Waals surface area contributed by atoms with Crippen LogP contribution in [-0.2, 0) is 12.8 Å². The summed E-state index contributed by atoms with van der Waals surface area (Å²) in [6, 6.07) is 4.18. The van der Waals surface area contributed by atoms with Crippen molar-refractivity contribution in [2.45, 2.75) is 51.5 Å². The van der Waals surface area contributed by atoms with E-state index >= 15 is 0 Å². The predicted octanol–water partition coefficient (Wildman–Crippen LogP) is 3.67. The first-order valence-corrected chi connectivity index (χ1v) is 7.71. The minimum Gasteiger partial charge on any atom is -0.496 e. The molecule has 1 unspecified atom stereocenters. The molecule has 1 aromatic rings. The molecule has 0 aliphatic heterocycles. The molecule has 1 aromatic carbocycles. The molecule has 0 spiro atoms. The quantitative estimate of drug-likeness (QED) is 0.670. The maximum atomic E-state index is 12.1. The number of benzene rings is 1. The molecule has 0 aliphatic carbocycles. The highest BCUT2D eigenvalue weighted by Gasteiger charge is 2.13. The lowest BCUT2D eigenvalue weighted by Gasteiger charge is -2.17. The van der Waals surface area contributed by atoms with Gasteiger partial charge in [0.2, 0.25) is 0 Å². The molecule has 0 aliphatic rings. The molecule has 2 N–H and O–H groups in total. The Morgan fingerprint density at radius 1 is 1.05 bits per heavy atom. The van der Waals surface area contributed by atoms with Gasteiger partial charge < -0.3 is 15.2 Å². The molecule has 0 saturated carbocycles. The van der Waals surface area contributed by atoms with E-state index in [1.54, 1.807) is 14.2 Å². The summed E-state index contributed by atoms with van der Waals surface area (Å²) in [5.74, 6) is 1.73. The molecular weight excluding hydrogens is 269 g/mol. The van der Waals surface area contributed by atoms with Crippen LogP contribution in [0, 0.1) is 0 Å². The van der Waals surface area contributed by atoms with Crippen molar-refractivity contribution >= 4 is 0 Å². The minimum atomic E-state index is -0.242. The second kappa shape index (κ2) is 9.61. The molecule has 21 heavy (non-hydrogen) atoms. The highest BCUT2D eigenvalue weighted by Crippen LogP contribution is 2.31. The van der Waals surface area contributed by atoms with Crippen LogP contribution < -0.4 is 15.2 Å². The Morgan fingerprint density at radius 2 is 1.67 bits per heavy atom. The van der Waals surface area contributed by atoms with Crippen molar-refractivity contribution in [3.63, 3.8) is 0 Å². The zero-order chi connectivity index (χ0) is 15.7. The molecule has 0 amide bonds. The predicted molar refractivity (Wildman–Crippen MR) is 85.0 cm³/mol. The van der Waals surface area contributed by atoms with Crippen molar-refractivity contribution in [3.8, 4) is 11.5 Å². The minimum absolute atomic E-state index is 0.124. The first-order chi connectivity index (χ1) is 10.2. The van der Waals surface area contributed by atoms with Gasteiger partial charge in [-0.25, -0.2) is 0 Å². The smallest absolute Gasteiger partial charge is 0.122 e. The summed E-state index contributed by atoms with van der Waals surface area (Å²) in [5, 5.41) is 0. The third-order valence-corrected chi connectivity index (χ3v) is 3.77. The lowest BCUT2D eigenvalue weighted by atomic mass is 9.98. The largest absolute Gasteiger partial charge is 0.496 e. The maximum absolute atomic E-state index is 12.1. The van der Waals surface area contributed by atoms with E-state index in [0.717, 1.165) is 54.7 Å². The fourth-order valence-electron chi connectivity index (χ4n) is 2.39. The van der Waals surface area contributed by atoms with Crippen molar-refractivity contribution in [1.29, 1.82) is 0 Å². The number of hydrogen-bond acceptors (Lipinski definition) is 3. The van der Waals surface area contributed by atoms with Crippen LogP contribution in [0.1, 0.15) is 43.7 Å². The fraction of sp³-hybridized carbons (Fsp3) is 0.647. The summed E-state index contributed by atoms with van der Waals surface area (Å²) in [5.41, 5.74) is 8.23. The Morgan fingerprint density at radius 3 is 2.24 bits per heavy atom. The maximum Gasteiger partial charge on any atom is 0.122 e. The van der Waals surface area contributed by atoms with Crippen molar-refractivity contribution in [2.75, 3.05) is 20.9 Å². The summed E-state index contributed by atoms with van der Waals surface area (Å²) in [6.45, 7) is 1.84. The Kier molecular flexibility index (Phi) is 8.13. The summed E-state index contributed by atoms with van der Waals surface area (Å²) >= 11 is 0. The Balaban J connectivity index is 2.88. The lowest BCUT2D eigenvalue weighted by Crippen LogP contribution is -2.21. The van der Waals surface area contributed by atoms with Crippen molar-refractivity contribution in [3.05, 3.63) is 23.3 Å². The topological polar surface area (TPSA) is 44.5 Å². The van der Waals surface area contributed by atoms with Gasteiger partial charge in [-0.15, -0.1) is 0 Å². The van der Waals surface area contributed by atoms with Gasteiger partial charge in [0.1, 0.15) is 11.5 Å². The Hall–Kier alpha value is -1.29. The second-order valence-electron chi connectivity index (χ2n) is 5.35. The average Bonchev–Trinajstić information content (AvgIpc) is 2.51. The highest BCUT2D eigenvalue weighted by molar-refractivity contribution is 5.47. The molecule has 1 rings (SSSR count). The van der Waals surface area contributed by atoms with Gasteiger partial charge in [0.05, 0.1) is 20.9 Å². The molecule has 3 nitrogen and oxygen atoms in total. The van der Waals surface area contributed by atoms with E-state index in [4.69, 9.17) is 15.2 Å². The van der Waals surface area contributed by atoms with Gasteiger partial charge in [-0.3, -0.25) is 4.39 Å². The third-order valence-electron chi connectivity index (χ3n) is 3.77. The zero-order valence-corrected chi connectivity index (χ0v) is 13.5. The highest BCUT2D eigenvalue weighted by atomic mass is 19.1. The van der Waals surface area contributed by atoms with E-state index in [0.29, 0.717) is 6.42 Å². The van der Waals surface area contributed by atoms with Crippen LogP contribution in [0.5, 0.6) is 11.5 Å². The van der Waals surface area contributed by atoms with Crippen molar-refractivity contribution < 1.29 is 13.9 Å². The molecule has 0 saturated heterocycles. The number of hydrogen-bond donors (Lipinski definition) is 1. The van der Waals surface area contributed by atoms with Gasteiger partial charge in [-0.2, -0.15) is 0 Å². The third kappa shape index (κ3) is 5.54. The molecule has 4 heteroatoms. The van der Waals surface area contributed by atoms with Crippen LogP contribution in [0.2, 0.25) is 0 Å². The molecule has 0 fully saturated rings. The number of alkyl halides is 1. The first kappa shape index (κ1) is 17.8. The number of nitrogens with two attached hydrogens (primary N) is 1. The van der Waals surface area contributed by atoms with E-state index < -0.39 is 0 Å². The van der Waals surface area contributed by atoms with E-state index in [1.807, 2.05) is 12.1 Å². The number of ether oxygens (including phenoxy) is 2. The monoisotopic (exact) mass is 297 g/mol. The zero-order valence-electron chi connectivity index (χ0n) is 13.5. The van der Waals surface area contributed by atoms with E-state index in [9.17, 15) is 4.39 Å². The molecule has 0 bridgehead atoms. The molecule has 120 valence electrons. The molecule has 0 heterocycles. The average molecular weight is 297 g/mol. The number of aryl methyl sites for hydroxylation is 1. The van der Waals surface area contributed by atoms with Crippen molar-refractivity contribution in [1.82, 2.24) is 0 Å². The summed E-state index contributed by atoms with van der Waals surface area (Å²) in [6.07, 6.45) is 5.05. The van der Waals surface area contributed by atoms with E-state index in [2.05, 4.69) is 6.92 Å². The summed E-state index contributed by atoms with van der Waals surface area (Å²) in [4.78, 5) is 0. The molecule has 0 aromatic heterocycles. The van der Waals surface area contributed by atoms with Crippen LogP contribution in [-0.4, -0.2) is 26.9 Å².